The van der Waals surface area contributed by atoms with E-state index >= 15 is 0 Å². The molecule has 0 aliphatic rings. The molecule has 1 aromatic heterocycles. The van der Waals surface area contributed by atoms with Gasteiger partial charge in [-0.3, -0.25) is 0 Å². The van der Waals surface area contributed by atoms with Gasteiger partial charge in [0.2, 0.25) is 11.7 Å². The van der Waals surface area contributed by atoms with E-state index < -0.39 is 0 Å². The predicted octanol–water partition coefficient (Wildman–Crippen LogP) is 3.26. The summed E-state index contributed by atoms with van der Waals surface area (Å²) < 4.78 is 10.2. The van der Waals surface area contributed by atoms with Crippen molar-refractivity contribution in [2.45, 2.75) is 13.5 Å². The number of hydrogen-bond acceptors (Lipinski definition) is 4. The number of ether oxygens (including phenoxy) is 1. The third kappa shape index (κ3) is 2.46. The molecule has 0 saturated heterocycles. The van der Waals surface area contributed by atoms with Crippen molar-refractivity contribution in [3.8, 4) is 5.75 Å². The van der Waals surface area contributed by atoms with Gasteiger partial charge in [-0.05, 0) is 12.1 Å². The normalized spacial score (nSPS) is 10.4. The second kappa shape index (κ2) is 4.72. The number of rotatable bonds is 3. The van der Waals surface area contributed by atoms with Gasteiger partial charge in [0.1, 0.15) is 0 Å². The van der Waals surface area contributed by atoms with Crippen LogP contribution >= 0.6 is 23.2 Å². The van der Waals surface area contributed by atoms with Gasteiger partial charge in [-0.1, -0.05) is 34.4 Å². The van der Waals surface area contributed by atoms with Crippen molar-refractivity contribution in [2.75, 3.05) is 0 Å². The second-order valence-corrected chi connectivity index (χ2v) is 3.88. The van der Waals surface area contributed by atoms with E-state index in [2.05, 4.69) is 10.1 Å². The summed E-state index contributed by atoms with van der Waals surface area (Å²) in [7, 11) is 0. The SMILES string of the molecule is Cc1nc(COc2c(Cl)cccc2Cl)no1. The quantitative estimate of drug-likeness (QED) is 0.848. The van der Waals surface area contributed by atoms with Crippen molar-refractivity contribution in [2.24, 2.45) is 0 Å². The number of hydrogen-bond donors (Lipinski definition) is 0. The summed E-state index contributed by atoms with van der Waals surface area (Å²) in [5.41, 5.74) is 0. The van der Waals surface area contributed by atoms with Crippen LogP contribution in [0.2, 0.25) is 10.0 Å². The van der Waals surface area contributed by atoms with Gasteiger partial charge in [-0.25, -0.2) is 0 Å². The van der Waals surface area contributed by atoms with Crippen LogP contribution in [0.15, 0.2) is 22.7 Å². The van der Waals surface area contributed by atoms with Crippen LogP contribution in [0.3, 0.4) is 0 Å². The first-order valence-corrected chi connectivity index (χ1v) is 5.28. The van der Waals surface area contributed by atoms with Crippen LogP contribution in [0.1, 0.15) is 11.7 Å². The Morgan fingerprint density at radius 1 is 1.31 bits per heavy atom. The molecule has 0 fully saturated rings. The molecule has 0 aliphatic carbocycles. The molecule has 4 nitrogen and oxygen atoms in total. The van der Waals surface area contributed by atoms with Crippen molar-refractivity contribution in [1.29, 1.82) is 0 Å². The van der Waals surface area contributed by atoms with Gasteiger partial charge in [0, 0.05) is 6.92 Å². The minimum atomic E-state index is 0.167. The van der Waals surface area contributed by atoms with Crippen LogP contribution in [-0.2, 0) is 6.61 Å². The van der Waals surface area contributed by atoms with E-state index in [0.29, 0.717) is 27.5 Å². The largest absolute Gasteiger partial charge is 0.482 e. The molecule has 0 atom stereocenters. The number of benzene rings is 1. The lowest BCUT2D eigenvalue weighted by Crippen LogP contribution is -1.98. The first-order chi connectivity index (χ1) is 7.66. The molecule has 2 aromatic rings. The molecular formula is C10H8Cl2N2O2. The molecule has 0 amide bonds. The molecule has 0 radical (unpaired) electrons. The standard InChI is InChI=1S/C10H8Cl2N2O2/c1-6-13-9(14-16-6)5-15-10-7(11)3-2-4-8(10)12/h2-4H,5H2,1H3. The van der Waals surface area contributed by atoms with E-state index in [0.717, 1.165) is 0 Å². The molecule has 0 N–H and O–H groups in total. The van der Waals surface area contributed by atoms with Crippen LogP contribution in [-0.4, -0.2) is 10.1 Å². The van der Waals surface area contributed by atoms with Gasteiger partial charge >= 0.3 is 0 Å². The lowest BCUT2D eigenvalue weighted by molar-refractivity contribution is 0.286. The molecule has 1 aromatic carbocycles. The topological polar surface area (TPSA) is 48.2 Å². The first-order valence-electron chi connectivity index (χ1n) is 4.53. The van der Waals surface area contributed by atoms with E-state index in [1.54, 1.807) is 25.1 Å². The minimum absolute atomic E-state index is 0.167. The van der Waals surface area contributed by atoms with Gasteiger partial charge < -0.3 is 9.26 Å². The molecule has 84 valence electrons. The van der Waals surface area contributed by atoms with Crippen molar-refractivity contribution >= 4 is 23.2 Å². The second-order valence-electron chi connectivity index (χ2n) is 3.07. The monoisotopic (exact) mass is 258 g/mol. The maximum Gasteiger partial charge on any atom is 0.223 e. The van der Waals surface area contributed by atoms with Crippen molar-refractivity contribution in [3.63, 3.8) is 0 Å². The molecule has 0 bridgehead atoms. The zero-order valence-electron chi connectivity index (χ0n) is 8.41. The predicted molar refractivity (Wildman–Crippen MR) is 59.8 cm³/mol. The zero-order valence-corrected chi connectivity index (χ0v) is 9.92. The van der Waals surface area contributed by atoms with Gasteiger partial charge in [0.05, 0.1) is 10.0 Å². The zero-order chi connectivity index (χ0) is 11.5. The maximum absolute atomic E-state index is 5.93. The Morgan fingerprint density at radius 2 is 2.00 bits per heavy atom. The Morgan fingerprint density at radius 3 is 2.56 bits per heavy atom. The van der Waals surface area contributed by atoms with Gasteiger partial charge in [-0.2, -0.15) is 4.98 Å². The van der Waals surface area contributed by atoms with Crippen LogP contribution < -0.4 is 4.74 Å². The summed E-state index contributed by atoms with van der Waals surface area (Å²) in [5.74, 6) is 1.37. The lowest BCUT2D eigenvalue weighted by atomic mass is 10.3. The smallest absolute Gasteiger partial charge is 0.223 e. The highest BCUT2D eigenvalue weighted by Gasteiger charge is 2.09. The molecule has 0 unspecified atom stereocenters. The maximum atomic E-state index is 5.93. The van der Waals surface area contributed by atoms with Crippen molar-refractivity contribution < 1.29 is 9.26 Å². The molecular weight excluding hydrogens is 251 g/mol. The number of aromatic nitrogens is 2. The molecule has 0 saturated carbocycles. The molecule has 6 heteroatoms. The molecule has 0 spiro atoms. The van der Waals surface area contributed by atoms with E-state index in [4.69, 9.17) is 32.5 Å². The lowest BCUT2D eigenvalue weighted by Gasteiger charge is -2.06. The van der Waals surface area contributed by atoms with Crippen LogP contribution in [0, 0.1) is 6.92 Å². The fourth-order valence-electron chi connectivity index (χ4n) is 1.16. The summed E-state index contributed by atoms with van der Waals surface area (Å²) in [4.78, 5) is 4.00. The molecule has 1 heterocycles. The molecule has 2 rings (SSSR count). The van der Waals surface area contributed by atoms with Crippen molar-refractivity contribution in [3.05, 3.63) is 40.0 Å². The summed E-state index contributed by atoms with van der Waals surface area (Å²) >= 11 is 11.9. The van der Waals surface area contributed by atoms with Crippen LogP contribution in [0.25, 0.3) is 0 Å². The van der Waals surface area contributed by atoms with E-state index in [1.807, 2.05) is 0 Å². The Bertz CT molecular complexity index is 479. The van der Waals surface area contributed by atoms with Gasteiger partial charge in [0.25, 0.3) is 0 Å². The Hall–Kier alpha value is -1.26. The highest BCUT2D eigenvalue weighted by Crippen LogP contribution is 2.32. The van der Waals surface area contributed by atoms with Gasteiger partial charge in [0.15, 0.2) is 12.4 Å². The number of halogens is 2. The highest BCUT2D eigenvalue weighted by atomic mass is 35.5. The number of aryl methyl sites for hydroxylation is 1. The Kier molecular flexibility index (Phi) is 3.31. The van der Waals surface area contributed by atoms with E-state index in [1.165, 1.54) is 0 Å². The fraction of sp³-hybridized carbons (Fsp3) is 0.200. The highest BCUT2D eigenvalue weighted by molar-refractivity contribution is 6.37. The van der Waals surface area contributed by atoms with Crippen LogP contribution in [0.4, 0.5) is 0 Å². The average Bonchev–Trinajstić information content (AvgIpc) is 2.63. The van der Waals surface area contributed by atoms with Crippen LogP contribution in [0.5, 0.6) is 5.75 Å². The van der Waals surface area contributed by atoms with Crippen molar-refractivity contribution in [1.82, 2.24) is 10.1 Å². The van der Waals surface area contributed by atoms with Gasteiger partial charge in [-0.15, -0.1) is 0 Å². The summed E-state index contributed by atoms with van der Waals surface area (Å²) in [6, 6.07) is 5.14. The molecule has 0 aliphatic heterocycles. The summed E-state index contributed by atoms with van der Waals surface area (Å²) in [6.45, 7) is 1.87. The first kappa shape index (κ1) is 11.2. The minimum Gasteiger partial charge on any atom is -0.482 e. The summed E-state index contributed by atoms with van der Waals surface area (Å²) in [6.07, 6.45) is 0. The third-order valence-corrected chi connectivity index (χ3v) is 2.43. The number of nitrogens with zero attached hydrogens (tertiary/aromatic N) is 2. The Balaban J connectivity index is 2.10. The average molecular weight is 259 g/mol. The number of para-hydroxylation sites is 1. The third-order valence-electron chi connectivity index (χ3n) is 1.83. The fourth-order valence-corrected chi connectivity index (χ4v) is 1.66. The summed E-state index contributed by atoms with van der Waals surface area (Å²) in [5, 5.41) is 4.60. The van der Waals surface area contributed by atoms with E-state index in [9.17, 15) is 0 Å². The van der Waals surface area contributed by atoms with E-state index in [-0.39, 0.29) is 6.61 Å². The Labute approximate surface area is 102 Å². The molecule has 16 heavy (non-hydrogen) atoms.